The van der Waals surface area contributed by atoms with Crippen LogP contribution in [0.1, 0.15) is 10.4 Å². The number of rotatable bonds is 2. The maximum atomic E-state index is 12.4. The van der Waals surface area contributed by atoms with E-state index in [1.54, 1.807) is 18.2 Å². The number of nitrogen functional groups attached to an aromatic ring is 1. The summed E-state index contributed by atoms with van der Waals surface area (Å²) in [4.78, 5) is 12.4. The number of nitrogens with one attached hydrogen (secondary N) is 1. The molecule has 4 heteroatoms. The minimum Gasteiger partial charge on any atom is -0.399 e. The number of nitrogens with two attached hydrogens (primary N) is 1. The van der Waals surface area contributed by atoms with E-state index in [4.69, 9.17) is 5.73 Å². The Kier molecular flexibility index (Phi) is 3.62. The molecular formula is C17H13BrN2O. The zero-order chi connectivity index (χ0) is 14.8. The molecule has 0 spiro atoms. The van der Waals surface area contributed by atoms with Gasteiger partial charge in [0.25, 0.3) is 5.91 Å². The standard InChI is InChI=1S/C17H13BrN2O/c18-15-9-8-12(19)10-14(15)17(21)20-16-7-3-5-11-4-1-2-6-13(11)16/h1-10H,19H2,(H,20,21). The molecule has 0 bridgehead atoms. The lowest BCUT2D eigenvalue weighted by atomic mass is 10.1. The Morgan fingerprint density at radius 2 is 1.76 bits per heavy atom. The Hall–Kier alpha value is -2.33. The molecule has 0 fully saturated rings. The van der Waals surface area contributed by atoms with Gasteiger partial charge < -0.3 is 11.1 Å². The Bertz CT molecular complexity index is 825. The van der Waals surface area contributed by atoms with Gasteiger partial charge in [-0.25, -0.2) is 0 Å². The fraction of sp³-hybridized carbons (Fsp3) is 0. The fourth-order valence-electron chi connectivity index (χ4n) is 2.24. The van der Waals surface area contributed by atoms with E-state index in [2.05, 4.69) is 21.2 Å². The molecule has 21 heavy (non-hydrogen) atoms. The van der Waals surface area contributed by atoms with Crippen molar-refractivity contribution in [2.75, 3.05) is 11.1 Å². The third kappa shape index (κ3) is 2.76. The smallest absolute Gasteiger partial charge is 0.256 e. The SMILES string of the molecule is Nc1ccc(Br)c(C(=O)Nc2cccc3ccccc23)c1. The maximum absolute atomic E-state index is 12.4. The second-order valence-electron chi connectivity index (χ2n) is 4.72. The van der Waals surface area contributed by atoms with Gasteiger partial charge in [0, 0.05) is 21.2 Å². The van der Waals surface area contributed by atoms with Gasteiger partial charge >= 0.3 is 0 Å². The highest BCUT2D eigenvalue weighted by Crippen LogP contribution is 2.25. The average Bonchev–Trinajstić information content (AvgIpc) is 2.50. The van der Waals surface area contributed by atoms with Gasteiger partial charge in [-0.15, -0.1) is 0 Å². The molecule has 0 heterocycles. The molecule has 0 saturated heterocycles. The van der Waals surface area contributed by atoms with E-state index in [9.17, 15) is 4.79 Å². The number of carbonyl (C=O) groups is 1. The van der Waals surface area contributed by atoms with Crippen LogP contribution in [-0.4, -0.2) is 5.91 Å². The van der Waals surface area contributed by atoms with E-state index in [0.29, 0.717) is 11.3 Å². The van der Waals surface area contributed by atoms with Gasteiger partial charge in [-0.05, 0) is 45.6 Å². The lowest BCUT2D eigenvalue weighted by Gasteiger charge is -2.10. The van der Waals surface area contributed by atoms with Gasteiger partial charge in [0.15, 0.2) is 0 Å². The first-order chi connectivity index (χ1) is 10.1. The number of hydrogen-bond acceptors (Lipinski definition) is 2. The molecule has 3 N–H and O–H groups in total. The van der Waals surface area contributed by atoms with Crippen LogP contribution in [0, 0.1) is 0 Å². The molecule has 3 aromatic carbocycles. The van der Waals surface area contributed by atoms with E-state index in [0.717, 1.165) is 20.9 Å². The fourth-order valence-corrected chi connectivity index (χ4v) is 2.67. The van der Waals surface area contributed by atoms with Crippen LogP contribution in [0.15, 0.2) is 65.1 Å². The molecule has 0 aliphatic heterocycles. The van der Waals surface area contributed by atoms with Crippen LogP contribution in [0.2, 0.25) is 0 Å². The van der Waals surface area contributed by atoms with Crippen LogP contribution in [0.5, 0.6) is 0 Å². The first-order valence-corrected chi connectivity index (χ1v) is 7.28. The second kappa shape index (κ2) is 5.58. The first-order valence-electron chi connectivity index (χ1n) is 6.49. The van der Waals surface area contributed by atoms with Gasteiger partial charge in [0.1, 0.15) is 0 Å². The zero-order valence-electron chi connectivity index (χ0n) is 11.1. The second-order valence-corrected chi connectivity index (χ2v) is 5.57. The molecule has 3 aromatic rings. The third-order valence-electron chi connectivity index (χ3n) is 3.27. The van der Waals surface area contributed by atoms with Crippen molar-refractivity contribution in [2.45, 2.75) is 0 Å². The van der Waals surface area contributed by atoms with Gasteiger partial charge in [-0.2, -0.15) is 0 Å². The Morgan fingerprint density at radius 3 is 2.62 bits per heavy atom. The van der Waals surface area contributed by atoms with Crippen molar-refractivity contribution in [1.29, 1.82) is 0 Å². The number of benzene rings is 3. The predicted molar refractivity (Wildman–Crippen MR) is 90.5 cm³/mol. The minimum absolute atomic E-state index is 0.189. The van der Waals surface area contributed by atoms with E-state index < -0.39 is 0 Å². The molecule has 104 valence electrons. The molecule has 0 atom stereocenters. The molecule has 1 amide bonds. The number of anilines is 2. The molecule has 0 unspecified atom stereocenters. The zero-order valence-corrected chi connectivity index (χ0v) is 12.7. The van der Waals surface area contributed by atoms with Crippen molar-refractivity contribution in [3.05, 3.63) is 70.7 Å². The Balaban J connectivity index is 1.99. The number of carbonyl (C=O) groups excluding carboxylic acids is 1. The maximum Gasteiger partial charge on any atom is 0.256 e. The molecule has 0 aliphatic carbocycles. The average molecular weight is 341 g/mol. The topological polar surface area (TPSA) is 55.1 Å². The summed E-state index contributed by atoms with van der Waals surface area (Å²) in [6.07, 6.45) is 0. The number of amides is 1. The van der Waals surface area contributed by atoms with Gasteiger partial charge in [-0.1, -0.05) is 36.4 Å². The molecule has 0 aromatic heterocycles. The summed E-state index contributed by atoms with van der Waals surface area (Å²) in [6, 6.07) is 18.9. The van der Waals surface area contributed by atoms with Crippen molar-refractivity contribution < 1.29 is 4.79 Å². The summed E-state index contributed by atoms with van der Waals surface area (Å²) in [6.45, 7) is 0. The molecule has 0 saturated carbocycles. The normalized spacial score (nSPS) is 10.5. The lowest BCUT2D eigenvalue weighted by Crippen LogP contribution is -2.13. The quantitative estimate of drug-likeness (QED) is 0.677. The lowest BCUT2D eigenvalue weighted by molar-refractivity contribution is 0.102. The predicted octanol–water partition coefficient (Wildman–Crippen LogP) is 4.44. The van der Waals surface area contributed by atoms with Crippen LogP contribution < -0.4 is 11.1 Å². The van der Waals surface area contributed by atoms with Gasteiger partial charge in [-0.3, -0.25) is 4.79 Å². The molecule has 3 rings (SSSR count). The number of halogens is 1. The summed E-state index contributed by atoms with van der Waals surface area (Å²) in [5.74, 6) is -0.189. The van der Waals surface area contributed by atoms with Crippen LogP contribution in [0.4, 0.5) is 11.4 Å². The summed E-state index contributed by atoms with van der Waals surface area (Å²) in [5.41, 5.74) is 7.61. The van der Waals surface area contributed by atoms with Crippen LogP contribution >= 0.6 is 15.9 Å². The summed E-state index contributed by atoms with van der Waals surface area (Å²) in [7, 11) is 0. The summed E-state index contributed by atoms with van der Waals surface area (Å²) >= 11 is 3.38. The van der Waals surface area contributed by atoms with E-state index in [1.165, 1.54) is 0 Å². The van der Waals surface area contributed by atoms with Crippen molar-refractivity contribution >= 4 is 44.0 Å². The summed E-state index contributed by atoms with van der Waals surface area (Å²) < 4.78 is 0.717. The monoisotopic (exact) mass is 340 g/mol. The molecule has 0 radical (unpaired) electrons. The highest BCUT2D eigenvalue weighted by Gasteiger charge is 2.12. The van der Waals surface area contributed by atoms with Crippen LogP contribution in [0.25, 0.3) is 10.8 Å². The minimum atomic E-state index is -0.189. The molecular weight excluding hydrogens is 328 g/mol. The third-order valence-corrected chi connectivity index (χ3v) is 3.96. The van der Waals surface area contributed by atoms with E-state index in [1.807, 2.05) is 42.5 Å². The summed E-state index contributed by atoms with van der Waals surface area (Å²) in [5, 5.41) is 5.04. The Labute approximate surface area is 130 Å². The molecule has 0 aliphatic rings. The highest BCUT2D eigenvalue weighted by atomic mass is 79.9. The van der Waals surface area contributed by atoms with Crippen molar-refractivity contribution in [3.63, 3.8) is 0 Å². The van der Waals surface area contributed by atoms with Crippen molar-refractivity contribution in [2.24, 2.45) is 0 Å². The Morgan fingerprint density at radius 1 is 1.00 bits per heavy atom. The first kappa shape index (κ1) is 13.6. The van der Waals surface area contributed by atoms with Crippen LogP contribution in [-0.2, 0) is 0 Å². The number of fused-ring (bicyclic) bond motifs is 1. The van der Waals surface area contributed by atoms with Gasteiger partial charge in [0.05, 0.1) is 5.56 Å². The van der Waals surface area contributed by atoms with Crippen molar-refractivity contribution in [1.82, 2.24) is 0 Å². The largest absolute Gasteiger partial charge is 0.399 e. The highest BCUT2D eigenvalue weighted by molar-refractivity contribution is 9.10. The van der Waals surface area contributed by atoms with Crippen LogP contribution in [0.3, 0.4) is 0 Å². The van der Waals surface area contributed by atoms with Gasteiger partial charge in [0.2, 0.25) is 0 Å². The van der Waals surface area contributed by atoms with E-state index in [-0.39, 0.29) is 5.91 Å². The molecule has 3 nitrogen and oxygen atoms in total. The number of hydrogen-bond donors (Lipinski definition) is 2. The van der Waals surface area contributed by atoms with E-state index >= 15 is 0 Å². The van der Waals surface area contributed by atoms with Crippen molar-refractivity contribution in [3.8, 4) is 0 Å².